The summed E-state index contributed by atoms with van der Waals surface area (Å²) in [6.45, 7) is 9.99. The largest absolute Gasteiger partial charge is 0.369 e. The van der Waals surface area contributed by atoms with Crippen molar-refractivity contribution in [3.63, 3.8) is 0 Å². The Hall–Kier alpha value is -1.36. The van der Waals surface area contributed by atoms with Crippen molar-refractivity contribution in [1.82, 2.24) is 4.31 Å². The first kappa shape index (κ1) is 21.4. The fraction of sp³-hybridized carbons (Fsp3) is 0.478. The van der Waals surface area contributed by atoms with Crippen molar-refractivity contribution in [3.8, 4) is 0 Å². The lowest BCUT2D eigenvalue weighted by molar-refractivity contribution is 0.410. The van der Waals surface area contributed by atoms with Crippen LogP contribution in [-0.4, -0.2) is 34.7 Å². The Morgan fingerprint density at radius 3 is 2.54 bits per heavy atom. The number of halogens is 1. The molecule has 2 unspecified atom stereocenters. The molecule has 5 heteroatoms. The Labute approximate surface area is 177 Å². The second-order valence-corrected chi connectivity index (χ2v) is 9.71. The molecule has 1 aliphatic rings. The molecule has 1 heterocycles. The van der Waals surface area contributed by atoms with Crippen molar-refractivity contribution in [2.75, 3.05) is 31.1 Å². The standard InChI is InChI=1S/C23H31ClN2OS/c1-4-18(2)8-10-20-16-23(11-9-19(20)3)28(27)26-14-12-25(13-15-26)22-7-5-6-21(24)17-22/h5-7,9,11,16-18H,4,8,10,12-15H2,1-3H3. The van der Waals surface area contributed by atoms with Crippen LogP contribution in [0.2, 0.25) is 5.02 Å². The zero-order chi connectivity index (χ0) is 20.1. The molecule has 1 saturated heterocycles. The highest BCUT2D eigenvalue weighted by molar-refractivity contribution is 7.82. The second-order valence-electron chi connectivity index (χ2n) is 7.79. The Bertz CT molecular complexity index is 818. The van der Waals surface area contributed by atoms with E-state index >= 15 is 0 Å². The Balaban J connectivity index is 1.63. The molecule has 0 N–H and O–H groups in total. The molecule has 2 aromatic carbocycles. The maximum Gasteiger partial charge on any atom is 0.127 e. The number of nitrogens with zero attached hydrogens (tertiary/aromatic N) is 2. The van der Waals surface area contributed by atoms with Gasteiger partial charge >= 0.3 is 0 Å². The molecule has 1 aliphatic heterocycles. The molecular weight excluding hydrogens is 388 g/mol. The van der Waals surface area contributed by atoms with Crippen molar-refractivity contribution in [2.24, 2.45) is 5.92 Å². The zero-order valence-electron chi connectivity index (χ0n) is 17.2. The van der Waals surface area contributed by atoms with E-state index in [9.17, 15) is 4.21 Å². The monoisotopic (exact) mass is 418 g/mol. The molecule has 0 bridgehead atoms. The minimum atomic E-state index is -1.10. The van der Waals surface area contributed by atoms with Crippen LogP contribution in [-0.2, 0) is 17.4 Å². The van der Waals surface area contributed by atoms with Gasteiger partial charge in [0.25, 0.3) is 0 Å². The van der Waals surface area contributed by atoms with Gasteiger partial charge in [0, 0.05) is 36.9 Å². The molecule has 0 aliphatic carbocycles. The molecule has 1 fully saturated rings. The van der Waals surface area contributed by atoms with E-state index in [2.05, 4.69) is 48.2 Å². The first-order valence-corrected chi connectivity index (χ1v) is 11.7. The summed E-state index contributed by atoms with van der Waals surface area (Å²) in [5.74, 6) is 0.730. The number of aryl methyl sites for hydroxylation is 2. The van der Waals surface area contributed by atoms with Crippen LogP contribution >= 0.6 is 11.6 Å². The van der Waals surface area contributed by atoms with Crippen LogP contribution in [0.15, 0.2) is 47.4 Å². The summed E-state index contributed by atoms with van der Waals surface area (Å²) >= 11 is 6.12. The van der Waals surface area contributed by atoms with E-state index < -0.39 is 11.0 Å². The van der Waals surface area contributed by atoms with E-state index in [-0.39, 0.29) is 0 Å². The van der Waals surface area contributed by atoms with Crippen LogP contribution in [0.3, 0.4) is 0 Å². The maximum absolute atomic E-state index is 13.2. The number of rotatable bonds is 7. The van der Waals surface area contributed by atoms with Gasteiger partial charge in [0.05, 0.1) is 4.90 Å². The minimum Gasteiger partial charge on any atom is -0.369 e. The third-order valence-corrected chi connectivity index (χ3v) is 7.50. The van der Waals surface area contributed by atoms with Crippen LogP contribution in [0, 0.1) is 12.8 Å². The van der Waals surface area contributed by atoms with Crippen molar-refractivity contribution >= 4 is 28.3 Å². The van der Waals surface area contributed by atoms with Crippen molar-refractivity contribution in [3.05, 3.63) is 58.6 Å². The summed E-state index contributed by atoms with van der Waals surface area (Å²) < 4.78 is 15.2. The highest BCUT2D eigenvalue weighted by atomic mass is 35.5. The van der Waals surface area contributed by atoms with Crippen molar-refractivity contribution in [1.29, 1.82) is 0 Å². The van der Waals surface area contributed by atoms with Crippen LogP contribution < -0.4 is 4.90 Å². The highest BCUT2D eigenvalue weighted by Crippen LogP contribution is 2.24. The van der Waals surface area contributed by atoms with Gasteiger partial charge in [-0.3, -0.25) is 0 Å². The summed E-state index contributed by atoms with van der Waals surface area (Å²) in [7, 11) is -1.10. The van der Waals surface area contributed by atoms with Crippen LogP contribution in [0.4, 0.5) is 5.69 Å². The molecule has 152 valence electrons. The molecule has 0 saturated carbocycles. The van der Waals surface area contributed by atoms with E-state index in [1.54, 1.807) is 0 Å². The molecule has 0 radical (unpaired) electrons. The zero-order valence-corrected chi connectivity index (χ0v) is 18.7. The fourth-order valence-electron chi connectivity index (χ4n) is 3.57. The third-order valence-electron chi connectivity index (χ3n) is 5.77. The first-order chi connectivity index (χ1) is 13.5. The van der Waals surface area contributed by atoms with Gasteiger partial charge in [-0.25, -0.2) is 8.51 Å². The van der Waals surface area contributed by atoms with E-state index in [0.29, 0.717) is 0 Å². The van der Waals surface area contributed by atoms with Crippen LogP contribution in [0.25, 0.3) is 0 Å². The van der Waals surface area contributed by atoms with Gasteiger partial charge < -0.3 is 4.90 Å². The summed E-state index contributed by atoms with van der Waals surface area (Å²) in [5.41, 5.74) is 3.78. The summed E-state index contributed by atoms with van der Waals surface area (Å²) in [4.78, 5) is 3.24. The Morgan fingerprint density at radius 2 is 1.86 bits per heavy atom. The molecule has 2 atom stereocenters. The predicted octanol–water partition coefficient (Wildman–Crippen LogP) is 5.47. The number of benzene rings is 2. The Morgan fingerprint density at radius 1 is 1.11 bits per heavy atom. The van der Waals surface area contributed by atoms with Gasteiger partial charge in [0.1, 0.15) is 11.0 Å². The van der Waals surface area contributed by atoms with Crippen LogP contribution in [0.5, 0.6) is 0 Å². The Kier molecular flexibility index (Phi) is 7.55. The lowest BCUT2D eigenvalue weighted by Gasteiger charge is -2.35. The summed E-state index contributed by atoms with van der Waals surface area (Å²) in [6.07, 6.45) is 3.46. The normalized spacial score (nSPS) is 17.5. The number of piperazine rings is 1. The summed E-state index contributed by atoms with van der Waals surface area (Å²) in [5, 5.41) is 0.757. The predicted molar refractivity (Wildman–Crippen MR) is 121 cm³/mol. The van der Waals surface area contributed by atoms with Gasteiger partial charge in [-0.05, 0) is 67.1 Å². The number of hydrogen-bond donors (Lipinski definition) is 0. The lowest BCUT2D eigenvalue weighted by Crippen LogP contribution is -2.46. The smallest absolute Gasteiger partial charge is 0.127 e. The van der Waals surface area contributed by atoms with Gasteiger partial charge in [0.15, 0.2) is 0 Å². The average molecular weight is 419 g/mol. The van der Waals surface area contributed by atoms with E-state index in [0.717, 1.165) is 54.1 Å². The average Bonchev–Trinajstić information content (AvgIpc) is 2.72. The molecule has 0 amide bonds. The third kappa shape index (κ3) is 5.37. The number of hydrogen-bond acceptors (Lipinski definition) is 2. The van der Waals surface area contributed by atoms with Crippen LogP contribution in [0.1, 0.15) is 37.8 Å². The summed E-state index contributed by atoms with van der Waals surface area (Å²) in [6, 6.07) is 14.3. The maximum atomic E-state index is 13.2. The van der Waals surface area contributed by atoms with Gasteiger partial charge in [-0.15, -0.1) is 0 Å². The SMILES string of the molecule is CCC(C)CCc1cc(S(=O)N2CCN(c3cccc(Cl)c3)CC2)ccc1C. The quantitative estimate of drug-likeness (QED) is 0.595. The molecule has 3 rings (SSSR count). The fourth-order valence-corrected chi connectivity index (χ4v) is 4.97. The van der Waals surface area contributed by atoms with Gasteiger partial charge in [0.2, 0.25) is 0 Å². The van der Waals surface area contributed by atoms with Gasteiger partial charge in [-0.2, -0.15) is 0 Å². The van der Waals surface area contributed by atoms with E-state index in [1.165, 1.54) is 24.0 Å². The molecule has 3 nitrogen and oxygen atoms in total. The molecule has 2 aromatic rings. The molecule has 28 heavy (non-hydrogen) atoms. The highest BCUT2D eigenvalue weighted by Gasteiger charge is 2.23. The van der Waals surface area contributed by atoms with Crippen molar-refractivity contribution in [2.45, 2.75) is 44.9 Å². The number of anilines is 1. The first-order valence-electron chi connectivity index (χ1n) is 10.2. The van der Waals surface area contributed by atoms with E-state index in [4.69, 9.17) is 11.6 Å². The van der Waals surface area contributed by atoms with Gasteiger partial charge in [-0.1, -0.05) is 44.0 Å². The second kappa shape index (κ2) is 9.91. The molecular formula is C23H31ClN2OS. The van der Waals surface area contributed by atoms with Crippen molar-refractivity contribution < 1.29 is 4.21 Å². The lowest BCUT2D eigenvalue weighted by atomic mass is 9.97. The topological polar surface area (TPSA) is 23.6 Å². The minimum absolute atomic E-state index is 0.730. The van der Waals surface area contributed by atoms with E-state index in [1.807, 2.05) is 24.3 Å². The molecule has 0 spiro atoms. The molecule has 0 aromatic heterocycles.